The number of esters is 3. The lowest BCUT2D eigenvalue weighted by Crippen LogP contribution is -2.30. The van der Waals surface area contributed by atoms with Gasteiger partial charge in [0.1, 0.15) is 13.2 Å². The number of hydrogen-bond donors (Lipinski definition) is 0. The van der Waals surface area contributed by atoms with Gasteiger partial charge in [-0.25, -0.2) is 0 Å². The Morgan fingerprint density at radius 1 is 0.266 bits per heavy atom. The van der Waals surface area contributed by atoms with Gasteiger partial charge < -0.3 is 14.2 Å². The Morgan fingerprint density at radius 3 is 0.772 bits per heavy atom. The van der Waals surface area contributed by atoms with E-state index in [1.807, 2.05) is 0 Å². The smallest absolute Gasteiger partial charge is 0.306 e. The lowest BCUT2D eigenvalue weighted by Gasteiger charge is -2.18. The minimum atomic E-state index is -0.809. The predicted molar refractivity (Wildman–Crippen MR) is 343 cm³/mol. The number of rotatable bonds is 57. The molecule has 0 fully saturated rings. The van der Waals surface area contributed by atoms with Crippen LogP contribution in [0.5, 0.6) is 0 Å². The first-order chi connectivity index (χ1) is 39.0. The van der Waals surface area contributed by atoms with Crippen LogP contribution >= 0.6 is 0 Å². The standard InChI is InChI=1S/C73H118O6/c1-4-7-10-13-16-19-22-25-28-31-33-35-36-38-39-42-45-48-51-54-57-60-63-66-72(75)78-69-70(68-77-71(74)65-62-59-56-53-50-47-44-41-30-27-24-21-18-15-12-9-6-3)79-73(76)67-64-61-58-55-52-49-46-43-40-37-34-32-29-26-23-20-17-14-11-8-5-2/h7,9-10,12,16,18-19,21,23,25-28,30,32-35,38-40,43-44,47,70H,4-6,8,11,13-15,17,20,22,24,29,31,36-37,41-42,45-46,48-69H2,1-3H3/b10-7-,12-9-,19-16-,21-18-,26-23-,28-25-,30-27-,34-32-,35-33-,39-38-,43-40-,47-44-. The van der Waals surface area contributed by atoms with Gasteiger partial charge in [0.05, 0.1) is 0 Å². The van der Waals surface area contributed by atoms with Gasteiger partial charge in [0.25, 0.3) is 0 Å². The summed E-state index contributed by atoms with van der Waals surface area (Å²) < 4.78 is 16.9. The van der Waals surface area contributed by atoms with E-state index < -0.39 is 6.10 Å². The molecule has 0 radical (unpaired) electrons. The van der Waals surface area contributed by atoms with E-state index in [1.54, 1.807) is 0 Å². The summed E-state index contributed by atoms with van der Waals surface area (Å²) in [6.45, 7) is 6.37. The van der Waals surface area contributed by atoms with Crippen LogP contribution in [0, 0.1) is 0 Å². The van der Waals surface area contributed by atoms with E-state index in [2.05, 4.69) is 167 Å². The normalized spacial score (nSPS) is 13.1. The summed E-state index contributed by atoms with van der Waals surface area (Å²) in [5.41, 5.74) is 0. The van der Waals surface area contributed by atoms with Gasteiger partial charge in [-0.1, -0.05) is 263 Å². The van der Waals surface area contributed by atoms with E-state index in [4.69, 9.17) is 14.2 Å². The molecule has 1 atom stereocenters. The molecule has 79 heavy (non-hydrogen) atoms. The fourth-order valence-electron chi connectivity index (χ4n) is 8.53. The summed E-state index contributed by atoms with van der Waals surface area (Å²) in [4.78, 5) is 38.4. The fraction of sp³-hybridized carbons (Fsp3) is 0.630. The molecular formula is C73H118O6. The Morgan fingerprint density at radius 2 is 0.494 bits per heavy atom. The van der Waals surface area contributed by atoms with Crippen molar-refractivity contribution in [3.8, 4) is 0 Å². The third kappa shape index (κ3) is 64.0. The van der Waals surface area contributed by atoms with Crippen LogP contribution in [0.1, 0.15) is 278 Å². The zero-order valence-corrected chi connectivity index (χ0v) is 51.1. The first-order valence-electron chi connectivity index (χ1n) is 32.3. The molecule has 0 rings (SSSR count). The molecule has 0 saturated carbocycles. The highest BCUT2D eigenvalue weighted by Gasteiger charge is 2.19. The maximum absolute atomic E-state index is 12.9. The quantitative estimate of drug-likeness (QED) is 0.0261. The molecule has 0 N–H and O–H groups in total. The Kier molecular flexibility index (Phi) is 61.9. The van der Waals surface area contributed by atoms with Gasteiger partial charge in [-0.2, -0.15) is 0 Å². The van der Waals surface area contributed by atoms with Gasteiger partial charge in [0, 0.05) is 19.3 Å². The van der Waals surface area contributed by atoms with E-state index in [1.165, 1.54) is 77.0 Å². The Labute approximate surface area is 487 Å². The fourth-order valence-corrected chi connectivity index (χ4v) is 8.53. The molecule has 0 aliphatic rings. The second-order valence-corrected chi connectivity index (χ2v) is 20.9. The van der Waals surface area contributed by atoms with Crippen LogP contribution in [-0.2, 0) is 28.6 Å². The first kappa shape index (κ1) is 74.3. The highest BCUT2D eigenvalue weighted by molar-refractivity contribution is 5.71. The average Bonchev–Trinajstić information content (AvgIpc) is 3.45. The number of allylic oxidation sites excluding steroid dienone is 24. The lowest BCUT2D eigenvalue weighted by atomic mass is 10.1. The summed E-state index contributed by atoms with van der Waals surface area (Å²) in [5, 5.41) is 0. The molecule has 0 aromatic rings. The van der Waals surface area contributed by atoms with Gasteiger partial charge in [-0.15, -0.1) is 0 Å². The molecule has 446 valence electrons. The van der Waals surface area contributed by atoms with E-state index in [0.29, 0.717) is 19.3 Å². The van der Waals surface area contributed by atoms with Crippen LogP contribution in [0.15, 0.2) is 146 Å². The highest BCUT2D eigenvalue weighted by atomic mass is 16.6. The SMILES string of the molecule is CC/C=C\C/C=C\C/C=C\C/C=C\C/C=C\CCCCCCCCCC(=O)OCC(COC(=O)CCCCCC/C=C\C/C=C\C/C=C\C/C=C\CC)OC(=O)CCCCCCCC/C=C\C/C=C\C/C=C\CCCCCCC. The molecule has 6 heteroatoms. The number of carbonyl (C=O) groups is 3. The van der Waals surface area contributed by atoms with E-state index in [-0.39, 0.29) is 31.1 Å². The lowest BCUT2D eigenvalue weighted by molar-refractivity contribution is -0.167. The van der Waals surface area contributed by atoms with Crippen molar-refractivity contribution in [2.45, 2.75) is 284 Å². The van der Waals surface area contributed by atoms with Crippen molar-refractivity contribution in [2.75, 3.05) is 13.2 Å². The van der Waals surface area contributed by atoms with E-state index >= 15 is 0 Å². The van der Waals surface area contributed by atoms with Crippen molar-refractivity contribution >= 4 is 17.9 Å². The highest BCUT2D eigenvalue weighted by Crippen LogP contribution is 2.14. The summed E-state index contributed by atoms with van der Waals surface area (Å²) in [5.74, 6) is -0.949. The van der Waals surface area contributed by atoms with Crippen molar-refractivity contribution < 1.29 is 28.6 Å². The second-order valence-electron chi connectivity index (χ2n) is 20.9. The molecule has 0 aromatic heterocycles. The number of carbonyl (C=O) groups excluding carboxylic acids is 3. The van der Waals surface area contributed by atoms with E-state index in [0.717, 1.165) is 161 Å². The zero-order valence-electron chi connectivity index (χ0n) is 51.1. The molecule has 0 aliphatic carbocycles. The van der Waals surface area contributed by atoms with Crippen LogP contribution < -0.4 is 0 Å². The van der Waals surface area contributed by atoms with Gasteiger partial charge in [0.15, 0.2) is 6.10 Å². The molecule has 0 amide bonds. The van der Waals surface area contributed by atoms with Gasteiger partial charge >= 0.3 is 17.9 Å². The molecule has 0 aromatic carbocycles. The van der Waals surface area contributed by atoms with Crippen LogP contribution in [0.3, 0.4) is 0 Å². The first-order valence-corrected chi connectivity index (χ1v) is 32.3. The summed E-state index contributed by atoms with van der Waals surface area (Å²) in [6.07, 6.45) is 94.1. The minimum absolute atomic E-state index is 0.103. The third-order valence-electron chi connectivity index (χ3n) is 13.3. The molecule has 0 bridgehead atoms. The van der Waals surface area contributed by atoms with E-state index in [9.17, 15) is 14.4 Å². The molecule has 0 heterocycles. The van der Waals surface area contributed by atoms with Gasteiger partial charge in [-0.05, 0) is 141 Å². The maximum atomic E-state index is 12.9. The van der Waals surface area contributed by atoms with Crippen LogP contribution in [0.25, 0.3) is 0 Å². The molecule has 0 aliphatic heterocycles. The minimum Gasteiger partial charge on any atom is -0.462 e. The largest absolute Gasteiger partial charge is 0.462 e. The number of unbranched alkanes of at least 4 members (excludes halogenated alkanes) is 22. The van der Waals surface area contributed by atoms with Crippen LogP contribution in [-0.4, -0.2) is 37.2 Å². The summed E-state index contributed by atoms with van der Waals surface area (Å²) >= 11 is 0. The van der Waals surface area contributed by atoms with Crippen molar-refractivity contribution in [1.29, 1.82) is 0 Å². The van der Waals surface area contributed by atoms with Crippen molar-refractivity contribution in [1.82, 2.24) is 0 Å². The molecule has 1 unspecified atom stereocenters. The molecule has 6 nitrogen and oxygen atoms in total. The molecule has 0 spiro atoms. The average molecular weight is 1090 g/mol. The Balaban J connectivity index is 4.49. The third-order valence-corrected chi connectivity index (χ3v) is 13.3. The molecular weight excluding hydrogens is 973 g/mol. The Hall–Kier alpha value is -4.71. The Bertz CT molecular complexity index is 1730. The van der Waals surface area contributed by atoms with Crippen molar-refractivity contribution in [2.24, 2.45) is 0 Å². The summed E-state index contributed by atoms with van der Waals surface area (Å²) in [6, 6.07) is 0. The second kappa shape index (κ2) is 65.8. The number of hydrogen-bond acceptors (Lipinski definition) is 6. The van der Waals surface area contributed by atoms with Gasteiger partial charge in [-0.3, -0.25) is 14.4 Å². The molecule has 0 saturated heterocycles. The zero-order chi connectivity index (χ0) is 57.1. The predicted octanol–water partition coefficient (Wildman–Crippen LogP) is 22.3. The topological polar surface area (TPSA) is 78.9 Å². The number of ether oxygens (including phenoxy) is 3. The summed E-state index contributed by atoms with van der Waals surface area (Å²) in [7, 11) is 0. The van der Waals surface area contributed by atoms with Crippen molar-refractivity contribution in [3.05, 3.63) is 146 Å². The van der Waals surface area contributed by atoms with Crippen molar-refractivity contribution in [3.63, 3.8) is 0 Å². The van der Waals surface area contributed by atoms with Crippen LogP contribution in [0.4, 0.5) is 0 Å². The van der Waals surface area contributed by atoms with Crippen LogP contribution in [0.2, 0.25) is 0 Å². The van der Waals surface area contributed by atoms with Gasteiger partial charge in [0.2, 0.25) is 0 Å². The maximum Gasteiger partial charge on any atom is 0.306 e. The monoisotopic (exact) mass is 1090 g/mol.